The lowest BCUT2D eigenvalue weighted by molar-refractivity contribution is -0.384. The van der Waals surface area contributed by atoms with Crippen LogP contribution in [0.5, 0.6) is 0 Å². The molecule has 1 aromatic carbocycles. The quantitative estimate of drug-likeness (QED) is 0.464. The minimum absolute atomic E-state index is 0.127. The molecule has 6 heteroatoms. The molecule has 0 aromatic heterocycles. The van der Waals surface area contributed by atoms with Gasteiger partial charge in [-0.1, -0.05) is 0 Å². The first kappa shape index (κ1) is 13.8. The second-order valence-electron chi connectivity index (χ2n) is 4.53. The summed E-state index contributed by atoms with van der Waals surface area (Å²) in [5.74, 6) is 0. The van der Waals surface area contributed by atoms with Crippen molar-refractivity contribution in [2.24, 2.45) is 0 Å². The summed E-state index contributed by atoms with van der Waals surface area (Å²) in [5, 5.41) is 10.6. The van der Waals surface area contributed by atoms with E-state index in [1.54, 1.807) is 31.4 Å². The molecule has 0 spiro atoms. The maximum atomic E-state index is 10.6. The lowest BCUT2D eigenvalue weighted by Gasteiger charge is -2.33. The third kappa shape index (κ3) is 3.65. The van der Waals surface area contributed by atoms with Gasteiger partial charge in [-0.25, -0.2) is 0 Å². The van der Waals surface area contributed by atoms with Gasteiger partial charge in [-0.2, -0.15) is 0 Å². The Morgan fingerprint density at radius 1 is 1.32 bits per heavy atom. The first-order valence-electron chi connectivity index (χ1n) is 6.30. The van der Waals surface area contributed by atoms with Gasteiger partial charge in [0.2, 0.25) is 0 Å². The number of piperidine rings is 1. The lowest BCUT2D eigenvalue weighted by atomic mass is 10.1. The average molecular weight is 266 g/mol. The number of nitro benzene ring substituents is 1. The van der Waals surface area contributed by atoms with E-state index in [0.717, 1.165) is 31.6 Å². The van der Waals surface area contributed by atoms with E-state index in [4.69, 9.17) is 9.47 Å². The number of rotatable bonds is 5. The number of methoxy groups -OCH3 is 1. The van der Waals surface area contributed by atoms with Crippen LogP contribution in [0.25, 0.3) is 0 Å². The van der Waals surface area contributed by atoms with Crippen molar-refractivity contribution in [3.8, 4) is 0 Å². The summed E-state index contributed by atoms with van der Waals surface area (Å²) in [6, 6.07) is 6.69. The van der Waals surface area contributed by atoms with Crippen LogP contribution in [-0.2, 0) is 9.47 Å². The third-order valence-electron chi connectivity index (χ3n) is 3.29. The second kappa shape index (κ2) is 6.49. The molecule has 19 heavy (non-hydrogen) atoms. The number of ether oxygens (including phenoxy) is 2. The Hall–Kier alpha value is -1.66. The monoisotopic (exact) mass is 266 g/mol. The van der Waals surface area contributed by atoms with E-state index in [2.05, 4.69) is 4.90 Å². The topological polar surface area (TPSA) is 64.8 Å². The maximum Gasteiger partial charge on any atom is 0.269 e. The molecular formula is C13H18N2O4. The fourth-order valence-electron chi connectivity index (χ4n) is 2.23. The van der Waals surface area contributed by atoms with E-state index >= 15 is 0 Å². The molecule has 0 N–H and O–H groups in total. The van der Waals surface area contributed by atoms with Crippen molar-refractivity contribution < 1.29 is 14.4 Å². The summed E-state index contributed by atoms with van der Waals surface area (Å²) in [5.41, 5.74) is 1.15. The van der Waals surface area contributed by atoms with Crippen molar-refractivity contribution in [2.75, 3.05) is 31.9 Å². The van der Waals surface area contributed by atoms with Crippen LogP contribution in [0.3, 0.4) is 0 Å². The van der Waals surface area contributed by atoms with Gasteiger partial charge in [0.05, 0.1) is 11.0 Å². The molecule has 1 heterocycles. The van der Waals surface area contributed by atoms with Crippen LogP contribution in [0.1, 0.15) is 12.8 Å². The molecule has 0 saturated carbocycles. The van der Waals surface area contributed by atoms with Gasteiger partial charge in [-0.3, -0.25) is 10.1 Å². The number of anilines is 1. The molecular weight excluding hydrogens is 248 g/mol. The van der Waals surface area contributed by atoms with Gasteiger partial charge in [0.15, 0.2) is 0 Å². The molecule has 0 radical (unpaired) electrons. The van der Waals surface area contributed by atoms with E-state index in [9.17, 15) is 10.1 Å². The van der Waals surface area contributed by atoms with Gasteiger partial charge in [0, 0.05) is 38.0 Å². The van der Waals surface area contributed by atoms with E-state index in [1.165, 1.54) is 0 Å². The van der Waals surface area contributed by atoms with E-state index in [1.807, 2.05) is 0 Å². The zero-order chi connectivity index (χ0) is 13.7. The molecule has 0 aliphatic carbocycles. The molecule has 104 valence electrons. The predicted molar refractivity (Wildman–Crippen MR) is 71.3 cm³/mol. The largest absolute Gasteiger partial charge is 0.371 e. The Balaban J connectivity index is 1.88. The highest BCUT2D eigenvalue weighted by Gasteiger charge is 2.20. The van der Waals surface area contributed by atoms with Crippen LogP contribution < -0.4 is 4.90 Å². The van der Waals surface area contributed by atoms with Crippen molar-refractivity contribution in [1.82, 2.24) is 0 Å². The lowest BCUT2D eigenvalue weighted by Crippen LogP contribution is -2.37. The number of non-ortho nitro benzene ring substituents is 1. The highest BCUT2D eigenvalue weighted by atomic mass is 16.7. The summed E-state index contributed by atoms with van der Waals surface area (Å²) in [6.45, 7) is 2.13. The first-order chi connectivity index (χ1) is 9.20. The summed E-state index contributed by atoms with van der Waals surface area (Å²) < 4.78 is 10.4. The fourth-order valence-corrected chi connectivity index (χ4v) is 2.23. The van der Waals surface area contributed by atoms with E-state index < -0.39 is 0 Å². The molecule has 6 nitrogen and oxygen atoms in total. The van der Waals surface area contributed by atoms with Crippen molar-refractivity contribution in [2.45, 2.75) is 18.9 Å². The average Bonchev–Trinajstić information content (AvgIpc) is 2.46. The normalized spacial score (nSPS) is 16.6. The minimum Gasteiger partial charge on any atom is -0.371 e. The number of nitrogens with zero attached hydrogens (tertiary/aromatic N) is 2. The van der Waals surface area contributed by atoms with Crippen LogP contribution >= 0.6 is 0 Å². The first-order valence-corrected chi connectivity index (χ1v) is 6.30. The summed E-state index contributed by atoms with van der Waals surface area (Å²) in [4.78, 5) is 12.4. The number of nitro groups is 1. The van der Waals surface area contributed by atoms with Gasteiger partial charge < -0.3 is 14.4 Å². The van der Waals surface area contributed by atoms with Crippen molar-refractivity contribution in [3.05, 3.63) is 34.4 Å². The molecule has 1 aliphatic heterocycles. The molecule has 1 aromatic rings. The summed E-state index contributed by atoms with van der Waals surface area (Å²) in [7, 11) is 1.62. The van der Waals surface area contributed by atoms with E-state index in [-0.39, 0.29) is 16.7 Å². The Kier molecular flexibility index (Phi) is 4.70. The van der Waals surface area contributed by atoms with Gasteiger partial charge in [0.25, 0.3) is 5.69 Å². The van der Waals surface area contributed by atoms with Crippen LogP contribution in [0.2, 0.25) is 0 Å². The third-order valence-corrected chi connectivity index (χ3v) is 3.29. The predicted octanol–water partition coefficient (Wildman–Crippen LogP) is 2.18. The minimum atomic E-state index is -0.380. The highest BCUT2D eigenvalue weighted by molar-refractivity contribution is 5.51. The molecule has 1 aliphatic rings. The van der Waals surface area contributed by atoms with Crippen molar-refractivity contribution >= 4 is 11.4 Å². The molecule has 2 rings (SSSR count). The molecule has 0 amide bonds. The fraction of sp³-hybridized carbons (Fsp3) is 0.538. The zero-order valence-corrected chi connectivity index (χ0v) is 10.9. The van der Waals surface area contributed by atoms with Gasteiger partial charge in [-0.05, 0) is 25.0 Å². The van der Waals surface area contributed by atoms with Crippen LogP contribution in [0.15, 0.2) is 24.3 Å². The van der Waals surface area contributed by atoms with Gasteiger partial charge in [-0.15, -0.1) is 0 Å². The number of benzene rings is 1. The van der Waals surface area contributed by atoms with Crippen molar-refractivity contribution in [1.29, 1.82) is 0 Å². The van der Waals surface area contributed by atoms with Crippen LogP contribution in [0.4, 0.5) is 11.4 Å². The zero-order valence-electron chi connectivity index (χ0n) is 10.9. The number of hydrogen-bond acceptors (Lipinski definition) is 5. The summed E-state index contributed by atoms with van der Waals surface area (Å²) >= 11 is 0. The SMILES string of the molecule is COCOC1CCN(c2ccc([N+](=O)[O-])cc2)CC1. The van der Waals surface area contributed by atoms with Crippen LogP contribution in [0, 0.1) is 10.1 Å². The molecule has 0 bridgehead atoms. The number of hydrogen-bond donors (Lipinski definition) is 0. The van der Waals surface area contributed by atoms with Crippen LogP contribution in [-0.4, -0.2) is 38.0 Å². The summed E-state index contributed by atoms with van der Waals surface area (Å²) in [6.07, 6.45) is 2.13. The Morgan fingerprint density at radius 3 is 2.47 bits per heavy atom. The van der Waals surface area contributed by atoms with Gasteiger partial charge >= 0.3 is 0 Å². The van der Waals surface area contributed by atoms with Crippen molar-refractivity contribution in [3.63, 3.8) is 0 Å². The maximum absolute atomic E-state index is 10.6. The molecule has 0 unspecified atom stereocenters. The van der Waals surface area contributed by atoms with E-state index in [0.29, 0.717) is 6.79 Å². The van der Waals surface area contributed by atoms with Gasteiger partial charge in [0.1, 0.15) is 6.79 Å². The molecule has 1 saturated heterocycles. The Morgan fingerprint density at radius 2 is 1.95 bits per heavy atom. The Bertz CT molecular complexity index is 413. The smallest absolute Gasteiger partial charge is 0.269 e. The Labute approximate surface area is 112 Å². The molecule has 0 atom stereocenters. The second-order valence-corrected chi connectivity index (χ2v) is 4.53. The molecule has 1 fully saturated rings. The highest BCUT2D eigenvalue weighted by Crippen LogP contribution is 2.23. The standard InChI is InChI=1S/C13H18N2O4/c1-18-10-19-13-6-8-14(9-7-13)11-2-4-12(5-3-11)15(16)17/h2-5,13H,6-10H2,1H3.